The highest BCUT2D eigenvalue weighted by molar-refractivity contribution is 5.87. The molecule has 86 valence electrons. The van der Waals surface area contributed by atoms with E-state index in [9.17, 15) is 0 Å². The number of aromatic nitrogens is 1. The zero-order valence-corrected chi connectivity index (χ0v) is 10.4. The first-order chi connectivity index (χ1) is 7.63. The van der Waals surface area contributed by atoms with E-state index in [0.29, 0.717) is 0 Å². The number of nitrogens with zero attached hydrogens (tertiary/aromatic N) is 1. The molecule has 2 aromatic rings. The summed E-state index contributed by atoms with van der Waals surface area (Å²) >= 11 is 0. The summed E-state index contributed by atoms with van der Waals surface area (Å²) in [5.41, 5.74) is 11.1. The molecule has 2 rings (SSSR count). The van der Waals surface area contributed by atoms with Crippen LogP contribution < -0.4 is 5.73 Å². The average Bonchev–Trinajstić information content (AvgIpc) is 2.53. The van der Waals surface area contributed by atoms with Crippen molar-refractivity contribution in [1.29, 1.82) is 0 Å². The molecule has 16 heavy (non-hydrogen) atoms. The largest absolute Gasteiger partial charge is 0.350 e. The van der Waals surface area contributed by atoms with E-state index in [1.165, 1.54) is 27.6 Å². The van der Waals surface area contributed by atoms with Gasteiger partial charge in [-0.15, -0.1) is 0 Å². The second-order valence-electron chi connectivity index (χ2n) is 4.63. The lowest BCUT2D eigenvalue weighted by Gasteiger charge is -2.03. The van der Waals surface area contributed by atoms with E-state index in [4.69, 9.17) is 5.73 Å². The van der Waals surface area contributed by atoms with Crippen LogP contribution in [0.3, 0.4) is 0 Å². The summed E-state index contributed by atoms with van der Waals surface area (Å²) < 4.78 is 2.22. The van der Waals surface area contributed by atoms with E-state index in [2.05, 4.69) is 43.8 Å². The molecule has 2 N–H and O–H groups in total. The molecule has 0 aliphatic rings. The van der Waals surface area contributed by atoms with Gasteiger partial charge in [0.15, 0.2) is 0 Å². The van der Waals surface area contributed by atoms with Crippen LogP contribution in [0.25, 0.3) is 10.9 Å². The fourth-order valence-electron chi connectivity index (χ4n) is 2.49. The fourth-order valence-corrected chi connectivity index (χ4v) is 2.49. The Labute approximate surface area is 97.1 Å². The highest BCUT2D eigenvalue weighted by Crippen LogP contribution is 2.26. The normalized spacial score (nSPS) is 11.2. The molecule has 1 aromatic carbocycles. The fraction of sp³-hybridized carbons (Fsp3) is 0.429. The van der Waals surface area contributed by atoms with Crippen molar-refractivity contribution in [3.63, 3.8) is 0 Å². The topological polar surface area (TPSA) is 30.9 Å². The van der Waals surface area contributed by atoms with Gasteiger partial charge in [-0.1, -0.05) is 6.07 Å². The Kier molecular flexibility index (Phi) is 3.01. The van der Waals surface area contributed by atoms with Crippen LogP contribution in [-0.2, 0) is 13.5 Å². The minimum absolute atomic E-state index is 0.765. The Hall–Kier alpha value is -1.28. The van der Waals surface area contributed by atoms with Crippen molar-refractivity contribution < 1.29 is 0 Å². The van der Waals surface area contributed by atoms with Gasteiger partial charge in [-0.3, -0.25) is 0 Å². The number of fused-ring (bicyclic) bond motifs is 1. The van der Waals surface area contributed by atoms with Crippen molar-refractivity contribution in [2.24, 2.45) is 12.8 Å². The van der Waals surface area contributed by atoms with E-state index in [-0.39, 0.29) is 0 Å². The van der Waals surface area contributed by atoms with Crippen LogP contribution in [-0.4, -0.2) is 11.1 Å². The minimum atomic E-state index is 0.765. The summed E-state index contributed by atoms with van der Waals surface area (Å²) in [7, 11) is 2.12. The average molecular weight is 216 g/mol. The molecule has 0 atom stereocenters. The van der Waals surface area contributed by atoms with Gasteiger partial charge in [0.1, 0.15) is 0 Å². The lowest BCUT2D eigenvalue weighted by atomic mass is 10.0. The molecule has 0 saturated heterocycles. The van der Waals surface area contributed by atoms with Gasteiger partial charge in [0.25, 0.3) is 0 Å². The predicted molar refractivity (Wildman–Crippen MR) is 69.8 cm³/mol. The standard InChI is InChI=1S/C14H20N2/c1-10-7-11(2)14-12(5-4-6-15)9-16(3)13(14)8-10/h7-9H,4-6,15H2,1-3H3. The van der Waals surface area contributed by atoms with E-state index < -0.39 is 0 Å². The minimum Gasteiger partial charge on any atom is -0.350 e. The molecule has 2 heteroatoms. The first-order valence-electron chi connectivity index (χ1n) is 5.88. The molecular formula is C14H20N2. The summed E-state index contributed by atoms with van der Waals surface area (Å²) in [5.74, 6) is 0. The Morgan fingerprint density at radius 2 is 2.00 bits per heavy atom. The molecule has 1 aromatic heterocycles. The maximum absolute atomic E-state index is 5.58. The number of aryl methyl sites for hydroxylation is 4. The summed E-state index contributed by atoms with van der Waals surface area (Å²) in [6, 6.07) is 4.52. The summed E-state index contributed by atoms with van der Waals surface area (Å²) in [4.78, 5) is 0. The van der Waals surface area contributed by atoms with Crippen LogP contribution >= 0.6 is 0 Å². The van der Waals surface area contributed by atoms with Gasteiger partial charge >= 0.3 is 0 Å². The third kappa shape index (κ3) is 1.85. The number of hydrogen-bond donors (Lipinski definition) is 1. The Bertz CT molecular complexity index is 509. The van der Waals surface area contributed by atoms with Crippen molar-refractivity contribution in [2.45, 2.75) is 26.7 Å². The van der Waals surface area contributed by atoms with Gasteiger partial charge in [-0.2, -0.15) is 0 Å². The zero-order valence-electron chi connectivity index (χ0n) is 10.4. The molecule has 0 radical (unpaired) electrons. The lowest BCUT2D eigenvalue weighted by molar-refractivity contribution is 0.830. The lowest BCUT2D eigenvalue weighted by Crippen LogP contribution is -2.00. The molecular weight excluding hydrogens is 196 g/mol. The maximum Gasteiger partial charge on any atom is 0.0485 e. The van der Waals surface area contributed by atoms with Crippen LogP contribution in [0.2, 0.25) is 0 Å². The van der Waals surface area contributed by atoms with Crippen molar-refractivity contribution in [1.82, 2.24) is 4.57 Å². The molecule has 0 fully saturated rings. The second-order valence-corrected chi connectivity index (χ2v) is 4.63. The third-order valence-corrected chi connectivity index (χ3v) is 3.16. The summed E-state index contributed by atoms with van der Waals surface area (Å²) in [6.07, 6.45) is 4.39. The summed E-state index contributed by atoms with van der Waals surface area (Å²) in [6.45, 7) is 5.11. The van der Waals surface area contributed by atoms with Crippen LogP contribution in [0.15, 0.2) is 18.3 Å². The molecule has 0 spiro atoms. The first kappa shape index (κ1) is 11.2. The molecule has 0 unspecified atom stereocenters. The van der Waals surface area contributed by atoms with E-state index in [0.717, 1.165) is 19.4 Å². The maximum atomic E-state index is 5.58. The van der Waals surface area contributed by atoms with Crippen LogP contribution in [0.5, 0.6) is 0 Å². The van der Waals surface area contributed by atoms with Gasteiger partial charge < -0.3 is 10.3 Å². The molecule has 0 saturated carbocycles. The number of nitrogens with two attached hydrogens (primary N) is 1. The van der Waals surface area contributed by atoms with E-state index in [1.807, 2.05) is 0 Å². The second kappa shape index (κ2) is 4.30. The number of benzene rings is 1. The third-order valence-electron chi connectivity index (χ3n) is 3.16. The van der Waals surface area contributed by atoms with Crippen molar-refractivity contribution in [2.75, 3.05) is 6.54 Å². The zero-order chi connectivity index (χ0) is 11.7. The SMILES string of the molecule is Cc1cc(C)c2c(CCCN)cn(C)c2c1. The van der Waals surface area contributed by atoms with Gasteiger partial charge in [-0.25, -0.2) is 0 Å². The van der Waals surface area contributed by atoms with E-state index in [1.54, 1.807) is 0 Å². The highest BCUT2D eigenvalue weighted by atomic mass is 14.9. The van der Waals surface area contributed by atoms with Crippen LogP contribution in [0, 0.1) is 13.8 Å². The molecule has 0 aliphatic carbocycles. The quantitative estimate of drug-likeness (QED) is 0.840. The molecule has 1 heterocycles. The number of rotatable bonds is 3. The molecule has 0 aliphatic heterocycles. The Balaban J connectivity index is 2.59. The Morgan fingerprint density at radius 1 is 1.25 bits per heavy atom. The number of hydrogen-bond acceptors (Lipinski definition) is 1. The van der Waals surface area contributed by atoms with E-state index >= 15 is 0 Å². The predicted octanol–water partition coefficient (Wildman–Crippen LogP) is 2.69. The van der Waals surface area contributed by atoms with Gasteiger partial charge in [0, 0.05) is 24.1 Å². The molecule has 2 nitrogen and oxygen atoms in total. The van der Waals surface area contributed by atoms with Crippen molar-refractivity contribution in [3.05, 3.63) is 35.0 Å². The van der Waals surface area contributed by atoms with Crippen LogP contribution in [0.1, 0.15) is 23.1 Å². The first-order valence-corrected chi connectivity index (χ1v) is 5.88. The van der Waals surface area contributed by atoms with Gasteiger partial charge in [0.2, 0.25) is 0 Å². The van der Waals surface area contributed by atoms with Crippen LogP contribution in [0.4, 0.5) is 0 Å². The molecule has 0 amide bonds. The highest BCUT2D eigenvalue weighted by Gasteiger charge is 2.09. The smallest absolute Gasteiger partial charge is 0.0485 e. The monoisotopic (exact) mass is 216 g/mol. The summed E-state index contributed by atoms with van der Waals surface area (Å²) in [5, 5.41) is 1.42. The van der Waals surface area contributed by atoms with Gasteiger partial charge in [0.05, 0.1) is 0 Å². The Morgan fingerprint density at radius 3 is 2.69 bits per heavy atom. The van der Waals surface area contributed by atoms with Gasteiger partial charge in [-0.05, 0) is 56.0 Å². The van der Waals surface area contributed by atoms with Crippen molar-refractivity contribution >= 4 is 10.9 Å². The van der Waals surface area contributed by atoms with Crippen molar-refractivity contribution in [3.8, 4) is 0 Å². The molecule has 0 bridgehead atoms.